The minimum Gasteiger partial charge on any atom is -0.259 e. The second kappa shape index (κ2) is 6.10. The highest BCUT2D eigenvalue weighted by atomic mass is 15.3. The number of aromatic nitrogens is 2. The molecule has 0 saturated carbocycles. The average Bonchev–Trinajstić information content (AvgIpc) is 2.43. The number of hydrogen-bond acceptors (Lipinski definition) is 4. The Balaban J connectivity index is 2.26. The lowest BCUT2D eigenvalue weighted by atomic mass is 10.2. The van der Waals surface area contributed by atoms with Crippen LogP contribution in [0, 0.1) is 0 Å². The van der Waals surface area contributed by atoms with Crippen molar-refractivity contribution in [1.29, 1.82) is 0 Å². The van der Waals surface area contributed by atoms with Crippen molar-refractivity contribution in [2.45, 2.75) is 33.1 Å². The monoisotopic (exact) mass is 242 g/mol. The van der Waals surface area contributed by atoms with Crippen LogP contribution in [0.15, 0.2) is 35.6 Å². The first kappa shape index (κ1) is 12.5. The molecule has 0 saturated heterocycles. The van der Waals surface area contributed by atoms with Gasteiger partial charge in [0.1, 0.15) is 0 Å². The highest BCUT2D eigenvalue weighted by Crippen LogP contribution is 2.19. The minimum atomic E-state index is 0.718. The number of rotatable bonds is 5. The molecule has 0 spiro atoms. The van der Waals surface area contributed by atoms with Crippen molar-refractivity contribution in [3.05, 3.63) is 30.5 Å². The third-order valence-corrected chi connectivity index (χ3v) is 2.84. The first-order valence-corrected chi connectivity index (χ1v) is 6.37. The molecule has 0 atom stereocenters. The van der Waals surface area contributed by atoms with Gasteiger partial charge in [0.05, 0.1) is 6.20 Å². The van der Waals surface area contributed by atoms with Crippen LogP contribution in [0.3, 0.4) is 0 Å². The second-order valence-corrected chi connectivity index (χ2v) is 4.17. The fourth-order valence-electron chi connectivity index (χ4n) is 1.84. The van der Waals surface area contributed by atoms with Crippen LogP contribution in [0.1, 0.15) is 33.1 Å². The van der Waals surface area contributed by atoms with Gasteiger partial charge in [0.25, 0.3) is 0 Å². The van der Waals surface area contributed by atoms with Gasteiger partial charge in [-0.1, -0.05) is 44.5 Å². The molecule has 1 heterocycles. The molecule has 1 aromatic heterocycles. The van der Waals surface area contributed by atoms with E-state index in [4.69, 9.17) is 0 Å². The predicted octanol–water partition coefficient (Wildman–Crippen LogP) is 3.61. The van der Waals surface area contributed by atoms with E-state index in [1.54, 1.807) is 6.20 Å². The summed E-state index contributed by atoms with van der Waals surface area (Å²) in [5.74, 6) is 0.718. The van der Waals surface area contributed by atoms with Gasteiger partial charge in [-0.15, -0.1) is 5.10 Å². The maximum atomic E-state index is 4.42. The van der Waals surface area contributed by atoms with Crippen LogP contribution in [-0.2, 0) is 0 Å². The molecule has 1 N–H and O–H groups in total. The molecule has 0 unspecified atom stereocenters. The van der Waals surface area contributed by atoms with E-state index in [-0.39, 0.29) is 0 Å². The lowest BCUT2D eigenvalue weighted by Crippen LogP contribution is -2.02. The van der Waals surface area contributed by atoms with Gasteiger partial charge in [0.15, 0.2) is 5.82 Å². The van der Waals surface area contributed by atoms with E-state index >= 15 is 0 Å². The van der Waals surface area contributed by atoms with Gasteiger partial charge in [-0.25, -0.2) is 0 Å². The van der Waals surface area contributed by atoms with E-state index in [0.29, 0.717) is 0 Å². The smallest absolute Gasteiger partial charge is 0.176 e. The molecule has 0 radical (unpaired) electrons. The third kappa shape index (κ3) is 2.83. The molecule has 0 fully saturated rings. The summed E-state index contributed by atoms with van der Waals surface area (Å²) in [6, 6.07) is 8.02. The van der Waals surface area contributed by atoms with Crippen LogP contribution in [0.5, 0.6) is 0 Å². The molecule has 94 valence electrons. The molecule has 2 aromatic rings. The Morgan fingerprint density at radius 3 is 2.89 bits per heavy atom. The quantitative estimate of drug-likeness (QED) is 0.643. The molecule has 18 heavy (non-hydrogen) atoms. The SMILES string of the molecule is CCC/C(CC)=N/Nc1nncc2ccccc12. The van der Waals surface area contributed by atoms with E-state index in [1.165, 1.54) is 0 Å². The summed E-state index contributed by atoms with van der Waals surface area (Å²) in [6.45, 7) is 4.27. The fourth-order valence-corrected chi connectivity index (χ4v) is 1.84. The Hall–Kier alpha value is -1.97. The summed E-state index contributed by atoms with van der Waals surface area (Å²) >= 11 is 0. The number of nitrogens with one attached hydrogen (secondary N) is 1. The Morgan fingerprint density at radius 1 is 1.28 bits per heavy atom. The number of hydrogen-bond donors (Lipinski definition) is 1. The van der Waals surface area contributed by atoms with Gasteiger partial charge in [-0.05, 0) is 12.8 Å². The van der Waals surface area contributed by atoms with Gasteiger partial charge < -0.3 is 0 Å². The third-order valence-electron chi connectivity index (χ3n) is 2.84. The molecule has 4 nitrogen and oxygen atoms in total. The second-order valence-electron chi connectivity index (χ2n) is 4.17. The summed E-state index contributed by atoms with van der Waals surface area (Å²) in [5.41, 5.74) is 4.20. The molecule has 0 aliphatic carbocycles. The Morgan fingerprint density at radius 2 is 2.11 bits per heavy atom. The van der Waals surface area contributed by atoms with E-state index in [1.807, 2.05) is 24.3 Å². The normalized spacial score (nSPS) is 11.8. The lowest BCUT2D eigenvalue weighted by Gasteiger charge is -2.05. The largest absolute Gasteiger partial charge is 0.259 e. The van der Waals surface area contributed by atoms with E-state index in [2.05, 4.69) is 34.6 Å². The molecule has 0 amide bonds. The van der Waals surface area contributed by atoms with Crippen molar-refractivity contribution in [1.82, 2.24) is 10.2 Å². The molecule has 0 bridgehead atoms. The fraction of sp³-hybridized carbons (Fsp3) is 0.357. The Labute approximate surface area is 107 Å². The standard InChI is InChI=1S/C14H18N4/c1-3-7-12(4-2)16-18-14-13-9-6-5-8-11(13)10-15-17-14/h5-6,8-10H,3-4,7H2,1-2H3,(H,17,18)/b16-12+. The van der Waals surface area contributed by atoms with Crippen molar-refractivity contribution in [3.63, 3.8) is 0 Å². The van der Waals surface area contributed by atoms with Gasteiger partial charge in [-0.2, -0.15) is 10.2 Å². The van der Waals surface area contributed by atoms with Crippen LogP contribution >= 0.6 is 0 Å². The summed E-state index contributed by atoms with van der Waals surface area (Å²) in [7, 11) is 0. The van der Waals surface area contributed by atoms with Crippen LogP contribution in [0.4, 0.5) is 5.82 Å². The summed E-state index contributed by atoms with van der Waals surface area (Å²) < 4.78 is 0. The molecular formula is C14H18N4. The van der Waals surface area contributed by atoms with Gasteiger partial charge >= 0.3 is 0 Å². The van der Waals surface area contributed by atoms with Gasteiger partial charge in [-0.3, -0.25) is 5.43 Å². The van der Waals surface area contributed by atoms with Crippen LogP contribution < -0.4 is 5.43 Å². The van der Waals surface area contributed by atoms with Crippen LogP contribution in [0.25, 0.3) is 10.8 Å². The van der Waals surface area contributed by atoms with Crippen molar-refractivity contribution in [2.75, 3.05) is 5.43 Å². The minimum absolute atomic E-state index is 0.718. The van der Waals surface area contributed by atoms with Crippen LogP contribution in [-0.4, -0.2) is 15.9 Å². The number of nitrogens with zero attached hydrogens (tertiary/aromatic N) is 3. The molecular weight excluding hydrogens is 224 g/mol. The molecule has 1 aromatic carbocycles. The zero-order valence-corrected chi connectivity index (χ0v) is 10.8. The maximum absolute atomic E-state index is 4.42. The summed E-state index contributed by atoms with van der Waals surface area (Å²) in [6.07, 6.45) is 4.84. The van der Waals surface area contributed by atoms with Crippen LogP contribution in [0.2, 0.25) is 0 Å². The highest BCUT2D eigenvalue weighted by Gasteiger charge is 2.02. The topological polar surface area (TPSA) is 50.2 Å². The van der Waals surface area contributed by atoms with E-state index < -0.39 is 0 Å². The average molecular weight is 242 g/mol. The maximum Gasteiger partial charge on any atom is 0.176 e. The van der Waals surface area contributed by atoms with Crippen molar-refractivity contribution in [2.24, 2.45) is 5.10 Å². The van der Waals surface area contributed by atoms with Crippen molar-refractivity contribution < 1.29 is 0 Å². The highest BCUT2D eigenvalue weighted by molar-refractivity contribution is 5.91. The first-order chi connectivity index (χ1) is 8.85. The number of anilines is 1. The lowest BCUT2D eigenvalue weighted by molar-refractivity contribution is 0.956. The van der Waals surface area contributed by atoms with Gasteiger partial charge in [0.2, 0.25) is 0 Å². The molecule has 4 heteroatoms. The number of benzene rings is 1. The predicted molar refractivity (Wildman–Crippen MR) is 75.8 cm³/mol. The van der Waals surface area contributed by atoms with Gasteiger partial charge in [0, 0.05) is 16.5 Å². The van der Waals surface area contributed by atoms with E-state index in [0.717, 1.165) is 41.6 Å². The van der Waals surface area contributed by atoms with Crippen molar-refractivity contribution in [3.8, 4) is 0 Å². The molecule has 0 aliphatic rings. The Bertz CT molecular complexity index is 543. The molecule has 0 aliphatic heterocycles. The molecule has 2 rings (SSSR count). The Kier molecular flexibility index (Phi) is 4.23. The zero-order valence-electron chi connectivity index (χ0n) is 10.8. The van der Waals surface area contributed by atoms with Crippen molar-refractivity contribution >= 4 is 22.3 Å². The first-order valence-electron chi connectivity index (χ1n) is 6.37. The number of hydrazone groups is 1. The van der Waals surface area contributed by atoms with E-state index in [9.17, 15) is 0 Å². The zero-order chi connectivity index (χ0) is 12.8. The number of fused-ring (bicyclic) bond motifs is 1. The summed E-state index contributed by atoms with van der Waals surface area (Å²) in [5, 5.41) is 14.6. The summed E-state index contributed by atoms with van der Waals surface area (Å²) in [4.78, 5) is 0.